The molecule has 0 saturated heterocycles. The minimum Gasteiger partial charge on any atom is -0.496 e. The summed E-state index contributed by atoms with van der Waals surface area (Å²) < 4.78 is 11.1. The van der Waals surface area contributed by atoms with Crippen LogP contribution >= 0.6 is 0 Å². The second kappa shape index (κ2) is 7.26. The molecule has 4 aliphatic rings. The number of aliphatic hydroxyl groups is 1. The summed E-state index contributed by atoms with van der Waals surface area (Å²) in [4.78, 5) is 0. The molecule has 0 aromatic heterocycles. The van der Waals surface area contributed by atoms with Crippen LogP contribution in [0.15, 0.2) is 24.3 Å². The molecule has 0 heterocycles. The normalized spacial score (nSPS) is 34.2. The molecule has 4 saturated carbocycles. The first-order valence-corrected chi connectivity index (χ1v) is 9.88. The van der Waals surface area contributed by atoms with Gasteiger partial charge in [0, 0.05) is 24.8 Å². The molecule has 138 valence electrons. The van der Waals surface area contributed by atoms with E-state index in [9.17, 15) is 5.11 Å². The summed E-state index contributed by atoms with van der Waals surface area (Å²) in [5, 5.41) is 12.8. The zero-order valence-corrected chi connectivity index (χ0v) is 15.3. The Kier molecular flexibility index (Phi) is 5.03. The molecule has 3 N–H and O–H groups in total. The zero-order chi connectivity index (χ0) is 17.3. The van der Waals surface area contributed by atoms with Crippen molar-refractivity contribution in [3.63, 3.8) is 0 Å². The number of quaternary nitrogens is 1. The highest BCUT2D eigenvalue weighted by molar-refractivity contribution is 5.32. The lowest BCUT2D eigenvalue weighted by atomic mass is 9.53. The molecule has 4 nitrogen and oxygen atoms in total. The quantitative estimate of drug-likeness (QED) is 0.758. The molecule has 5 rings (SSSR count). The number of hydrogen-bond acceptors (Lipinski definition) is 3. The van der Waals surface area contributed by atoms with E-state index in [4.69, 9.17) is 9.47 Å². The van der Waals surface area contributed by atoms with Gasteiger partial charge in [0.25, 0.3) is 0 Å². The summed E-state index contributed by atoms with van der Waals surface area (Å²) in [6, 6.07) is 7.89. The van der Waals surface area contributed by atoms with Gasteiger partial charge in [-0.2, -0.15) is 0 Å². The summed E-state index contributed by atoms with van der Waals surface area (Å²) in [5.41, 5.74) is 1.46. The van der Waals surface area contributed by atoms with Gasteiger partial charge in [-0.05, 0) is 43.1 Å². The highest BCUT2D eigenvalue weighted by atomic mass is 16.5. The largest absolute Gasteiger partial charge is 0.496 e. The van der Waals surface area contributed by atoms with Gasteiger partial charge >= 0.3 is 0 Å². The summed E-state index contributed by atoms with van der Waals surface area (Å²) in [6.07, 6.45) is 8.12. The molecule has 0 radical (unpaired) electrons. The van der Waals surface area contributed by atoms with Crippen LogP contribution in [0.4, 0.5) is 0 Å². The minimum absolute atomic E-state index is 0.390. The zero-order valence-electron chi connectivity index (χ0n) is 15.3. The van der Waals surface area contributed by atoms with Crippen LogP contribution in [0, 0.1) is 17.8 Å². The molecule has 1 aromatic rings. The van der Waals surface area contributed by atoms with Gasteiger partial charge in [-0.1, -0.05) is 18.2 Å². The van der Waals surface area contributed by atoms with Crippen molar-refractivity contribution in [3.8, 4) is 5.75 Å². The van der Waals surface area contributed by atoms with Crippen LogP contribution in [-0.4, -0.2) is 37.0 Å². The van der Waals surface area contributed by atoms with Crippen molar-refractivity contribution in [2.45, 2.75) is 56.8 Å². The lowest BCUT2D eigenvalue weighted by molar-refractivity contribution is -0.743. The highest BCUT2D eigenvalue weighted by Crippen LogP contribution is 2.54. The molecule has 4 aliphatic carbocycles. The first-order chi connectivity index (χ1) is 12.2. The third-order valence-electron chi connectivity index (χ3n) is 6.67. The number of ether oxygens (including phenoxy) is 2. The Morgan fingerprint density at radius 2 is 1.76 bits per heavy atom. The second-order valence-corrected chi connectivity index (χ2v) is 8.70. The third-order valence-corrected chi connectivity index (χ3v) is 6.67. The second-order valence-electron chi connectivity index (χ2n) is 8.70. The Morgan fingerprint density at radius 1 is 1.12 bits per heavy atom. The first-order valence-electron chi connectivity index (χ1n) is 9.88. The lowest BCUT2D eigenvalue weighted by Gasteiger charge is -2.54. The van der Waals surface area contributed by atoms with Crippen molar-refractivity contribution >= 4 is 0 Å². The van der Waals surface area contributed by atoms with Crippen LogP contribution in [0.5, 0.6) is 5.75 Å². The molecular weight excluding hydrogens is 314 g/mol. The summed E-state index contributed by atoms with van der Waals surface area (Å²) in [6.45, 7) is 1.64. The van der Waals surface area contributed by atoms with E-state index < -0.39 is 6.10 Å². The maximum atomic E-state index is 10.4. The van der Waals surface area contributed by atoms with E-state index >= 15 is 0 Å². The number of hydrogen-bond donors (Lipinski definition) is 2. The van der Waals surface area contributed by atoms with Crippen molar-refractivity contribution in [2.75, 3.05) is 20.3 Å². The fourth-order valence-corrected chi connectivity index (χ4v) is 6.01. The summed E-state index contributed by atoms with van der Waals surface area (Å²) in [5.74, 6) is 3.72. The van der Waals surface area contributed by atoms with Crippen molar-refractivity contribution in [1.82, 2.24) is 0 Å². The predicted octanol–water partition coefficient (Wildman–Crippen LogP) is 2.10. The molecule has 4 bridgehead atoms. The van der Waals surface area contributed by atoms with Crippen LogP contribution in [0.25, 0.3) is 0 Å². The SMILES string of the molecule is COc1ccccc1COC[C@H](O)C[NH2+]C12CC3CC(CC(C3)C1)C2. The van der Waals surface area contributed by atoms with Crippen molar-refractivity contribution < 1.29 is 19.9 Å². The van der Waals surface area contributed by atoms with Gasteiger partial charge in [0.2, 0.25) is 0 Å². The van der Waals surface area contributed by atoms with E-state index in [0.717, 1.165) is 35.6 Å². The number of nitrogens with two attached hydrogens (primary N) is 1. The monoisotopic (exact) mass is 346 g/mol. The third kappa shape index (κ3) is 3.86. The smallest absolute Gasteiger partial charge is 0.126 e. The summed E-state index contributed by atoms with van der Waals surface area (Å²) >= 11 is 0. The van der Waals surface area contributed by atoms with Gasteiger partial charge in [0.1, 0.15) is 18.4 Å². The Hall–Kier alpha value is -1.10. The fraction of sp³-hybridized carbons (Fsp3) is 0.714. The average Bonchev–Trinajstić information content (AvgIpc) is 2.59. The Balaban J connectivity index is 1.23. The molecule has 25 heavy (non-hydrogen) atoms. The number of benzene rings is 1. The molecule has 1 atom stereocenters. The van der Waals surface area contributed by atoms with Gasteiger partial charge in [-0.25, -0.2) is 0 Å². The predicted molar refractivity (Wildman–Crippen MR) is 96.4 cm³/mol. The van der Waals surface area contributed by atoms with E-state index in [2.05, 4.69) is 5.32 Å². The van der Waals surface area contributed by atoms with E-state index in [1.165, 1.54) is 38.5 Å². The van der Waals surface area contributed by atoms with Gasteiger partial charge in [-0.15, -0.1) is 0 Å². The van der Waals surface area contributed by atoms with Gasteiger partial charge in [0.15, 0.2) is 0 Å². The van der Waals surface area contributed by atoms with Crippen LogP contribution in [0.2, 0.25) is 0 Å². The fourth-order valence-electron chi connectivity index (χ4n) is 6.01. The van der Waals surface area contributed by atoms with E-state index in [1.807, 2.05) is 24.3 Å². The van der Waals surface area contributed by atoms with Crippen molar-refractivity contribution in [2.24, 2.45) is 17.8 Å². The van der Waals surface area contributed by atoms with E-state index in [1.54, 1.807) is 7.11 Å². The highest BCUT2D eigenvalue weighted by Gasteiger charge is 2.53. The molecule has 0 spiro atoms. The average molecular weight is 346 g/mol. The molecule has 0 amide bonds. The van der Waals surface area contributed by atoms with Gasteiger partial charge in [0.05, 0.1) is 25.9 Å². The van der Waals surface area contributed by atoms with E-state index in [-0.39, 0.29) is 0 Å². The van der Waals surface area contributed by atoms with Crippen molar-refractivity contribution in [1.29, 1.82) is 0 Å². The number of aliphatic hydroxyl groups excluding tert-OH is 1. The molecule has 0 unspecified atom stereocenters. The molecule has 4 fully saturated rings. The van der Waals surface area contributed by atoms with Crippen molar-refractivity contribution in [3.05, 3.63) is 29.8 Å². The lowest BCUT2D eigenvalue weighted by Crippen LogP contribution is -3.00. The van der Waals surface area contributed by atoms with E-state index in [0.29, 0.717) is 18.8 Å². The van der Waals surface area contributed by atoms with Crippen LogP contribution < -0.4 is 10.1 Å². The number of methoxy groups -OCH3 is 1. The topological polar surface area (TPSA) is 55.3 Å². The van der Waals surface area contributed by atoms with Crippen LogP contribution in [0.3, 0.4) is 0 Å². The molecule has 4 heteroatoms. The summed E-state index contributed by atoms with van der Waals surface area (Å²) in [7, 11) is 1.67. The van der Waals surface area contributed by atoms with Gasteiger partial charge < -0.3 is 19.9 Å². The standard InChI is InChI=1S/C21H31NO3/c1-24-20-5-3-2-4-18(20)13-25-14-19(23)12-22-21-9-15-6-16(10-21)8-17(7-15)11-21/h2-5,15-17,19,22-23H,6-14H2,1H3/p+1/t15?,16?,17?,19-,21?/m1/s1. The van der Waals surface area contributed by atoms with Crippen LogP contribution in [0.1, 0.15) is 44.1 Å². The Labute approximate surface area is 150 Å². The Bertz CT molecular complexity index is 553. The minimum atomic E-state index is -0.400. The molecule has 1 aromatic carbocycles. The number of rotatable bonds is 8. The van der Waals surface area contributed by atoms with Gasteiger partial charge in [-0.3, -0.25) is 0 Å². The number of para-hydroxylation sites is 1. The van der Waals surface area contributed by atoms with Crippen LogP contribution in [-0.2, 0) is 11.3 Å². The molecular formula is C21H32NO3+. The first kappa shape index (κ1) is 17.3. The Morgan fingerprint density at radius 3 is 2.40 bits per heavy atom. The molecule has 0 aliphatic heterocycles. The maximum absolute atomic E-state index is 10.4. The maximum Gasteiger partial charge on any atom is 0.126 e.